The van der Waals surface area contributed by atoms with Crippen LogP contribution >= 0.6 is 0 Å². The van der Waals surface area contributed by atoms with Crippen LogP contribution in [0.15, 0.2) is 91.0 Å². The Bertz CT molecular complexity index is 1240. The molecule has 3 aromatic carbocycles. The highest BCUT2D eigenvalue weighted by Gasteiger charge is 2.15. The van der Waals surface area contributed by atoms with Crippen LogP contribution in [0.5, 0.6) is 5.88 Å². The van der Waals surface area contributed by atoms with Crippen LogP contribution in [0.4, 0.5) is 0 Å². The second-order valence-corrected chi connectivity index (χ2v) is 7.14. The first-order chi connectivity index (χ1) is 15.2. The van der Waals surface area contributed by atoms with Crippen LogP contribution in [-0.2, 0) is 0 Å². The number of ketones is 1. The van der Waals surface area contributed by atoms with E-state index in [-0.39, 0.29) is 18.3 Å². The van der Waals surface area contributed by atoms with Gasteiger partial charge in [-0.3, -0.25) is 4.79 Å². The van der Waals surface area contributed by atoms with Crippen molar-refractivity contribution in [3.63, 3.8) is 0 Å². The first kappa shape index (κ1) is 20.1. The molecule has 1 heterocycles. The summed E-state index contributed by atoms with van der Waals surface area (Å²) < 4.78 is 5.72. The minimum atomic E-state index is -0.190. The molecule has 31 heavy (non-hydrogen) atoms. The molecule has 0 atom stereocenters. The molecule has 0 unspecified atom stereocenters. The summed E-state index contributed by atoms with van der Waals surface area (Å²) in [6, 6.07) is 31.0. The molecule has 0 saturated carbocycles. The quantitative estimate of drug-likeness (QED) is 0.378. The van der Waals surface area contributed by atoms with E-state index < -0.39 is 0 Å². The normalized spacial score (nSPS) is 10.3. The van der Waals surface area contributed by atoms with Gasteiger partial charge < -0.3 is 4.74 Å². The Labute approximate surface area is 181 Å². The molecule has 0 N–H and O–H groups in total. The van der Waals surface area contributed by atoms with Crippen molar-refractivity contribution in [3.05, 3.63) is 108 Å². The lowest BCUT2D eigenvalue weighted by atomic mass is 10.0. The van der Waals surface area contributed by atoms with Gasteiger partial charge in [-0.25, -0.2) is 4.98 Å². The maximum Gasteiger partial charge on any atom is 0.232 e. The van der Waals surface area contributed by atoms with Gasteiger partial charge >= 0.3 is 0 Å². The predicted molar refractivity (Wildman–Crippen MR) is 121 cm³/mol. The summed E-state index contributed by atoms with van der Waals surface area (Å²) in [7, 11) is 0. The molecule has 4 nitrogen and oxygen atoms in total. The second kappa shape index (κ2) is 9.06. The number of carbonyl (C=O) groups excluding carboxylic acids is 1. The van der Waals surface area contributed by atoms with E-state index in [2.05, 4.69) is 11.1 Å². The fraction of sp³-hybridized carbons (Fsp3) is 0.0741. The van der Waals surface area contributed by atoms with Gasteiger partial charge in [-0.1, -0.05) is 84.9 Å². The summed E-state index contributed by atoms with van der Waals surface area (Å²) in [5, 5.41) is 9.53. The van der Waals surface area contributed by atoms with Gasteiger partial charge in [0.05, 0.1) is 5.69 Å². The summed E-state index contributed by atoms with van der Waals surface area (Å²) in [4.78, 5) is 17.2. The number of aryl methyl sites for hydroxylation is 1. The smallest absolute Gasteiger partial charge is 0.232 e. The molecular weight excluding hydrogens is 384 g/mol. The highest BCUT2D eigenvalue weighted by molar-refractivity contribution is 5.97. The number of carbonyl (C=O) groups is 1. The summed E-state index contributed by atoms with van der Waals surface area (Å²) in [6.45, 7) is 1.65. The largest absolute Gasteiger partial charge is 0.468 e. The third-order valence-electron chi connectivity index (χ3n) is 5.02. The first-order valence-electron chi connectivity index (χ1n) is 9.94. The maximum absolute atomic E-state index is 12.7. The fourth-order valence-corrected chi connectivity index (χ4v) is 3.34. The molecule has 0 aliphatic carbocycles. The summed E-state index contributed by atoms with van der Waals surface area (Å²) >= 11 is 0. The average Bonchev–Trinajstić information content (AvgIpc) is 2.83. The molecule has 0 bridgehead atoms. The van der Waals surface area contributed by atoms with Gasteiger partial charge in [0.25, 0.3) is 0 Å². The summed E-state index contributed by atoms with van der Waals surface area (Å²) in [6.07, 6.45) is 0. The average molecular weight is 404 g/mol. The van der Waals surface area contributed by atoms with Gasteiger partial charge in [-0.05, 0) is 29.7 Å². The number of rotatable bonds is 6. The Morgan fingerprint density at radius 2 is 1.45 bits per heavy atom. The lowest BCUT2D eigenvalue weighted by Gasteiger charge is -2.11. The van der Waals surface area contributed by atoms with Crippen molar-refractivity contribution >= 4 is 5.78 Å². The SMILES string of the molecule is Cc1cc(-c2ccccc2)nc(OCC(=O)c2ccc(-c3ccccc3)cc2)c1C#N. The maximum atomic E-state index is 12.7. The number of hydrogen-bond donors (Lipinski definition) is 0. The molecule has 0 saturated heterocycles. The van der Waals surface area contributed by atoms with Crippen LogP contribution in [0.1, 0.15) is 21.5 Å². The third kappa shape index (κ3) is 4.52. The van der Waals surface area contributed by atoms with Crippen LogP contribution < -0.4 is 4.74 Å². The highest BCUT2D eigenvalue weighted by atomic mass is 16.5. The third-order valence-corrected chi connectivity index (χ3v) is 5.02. The molecule has 0 spiro atoms. The van der Waals surface area contributed by atoms with E-state index >= 15 is 0 Å². The van der Waals surface area contributed by atoms with Crippen molar-refractivity contribution in [3.8, 4) is 34.3 Å². The van der Waals surface area contributed by atoms with Crippen molar-refractivity contribution < 1.29 is 9.53 Å². The number of nitrogens with zero attached hydrogens (tertiary/aromatic N) is 2. The highest BCUT2D eigenvalue weighted by Crippen LogP contribution is 2.26. The molecule has 150 valence electrons. The van der Waals surface area contributed by atoms with Crippen LogP contribution in [0.2, 0.25) is 0 Å². The van der Waals surface area contributed by atoms with E-state index in [4.69, 9.17) is 4.74 Å². The van der Waals surface area contributed by atoms with Gasteiger partial charge in [-0.15, -0.1) is 0 Å². The Morgan fingerprint density at radius 1 is 0.871 bits per heavy atom. The lowest BCUT2D eigenvalue weighted by molar-refractivity contribution is 0.0918. The minimum absolute atomic E-state index is 0.173. The van der Waals surface area contributed by atoms with Crippen molar-refractivity contribution in [1.29, 1.82) is 5.26 Å². The van der Waals surface area contributed by atoms with E-state index in [9.17, 15) is 10.1 Å². The standard InChI is InChI=1S/C27H20N2O2/c1-19-16-25(22-10-6-3-7-11-22)29-27(24(19)17-28)31-18-26(30)23-14-12-21(13-15-23)20-8-4-2-5-9-20/h2-16H,18H2,1H3. The zero-order chi connectivity index (χ0) is 21.6. The van der Waals surface area contributed by atoms with Crippen molar-refractivity contribution in [2.45, 2.75) is 6.92 Å². The number of pyridine rings is 1. The van der Waals surface area contributed by atoms with Crippen LogP contribution in [-0.4, -0.2) is 17.4 Å². The van der Waals surface area contributed by atoms with Gasteiger partial charge in [0.2, 0.25) is 5.88 Å². The number of ether oxygens (including phenoxy) is 1. The number of nitriles is 1. The monoisotopic (exact) mass is 404 g/mol. The van der Waals surface area contributed by atoms with E-state index in [1.165, 1.54) is 0 Å². The lowest BCUT2D eigenvalue weighted by Crippen LogP contribution is -2.13. The summed E-state index contributed by atoms with van der Waals surface area (Å²) in [5.41, 5.74) is 5.40. The molecule has 1 aromatic heterocycles. The summed E-state index contributed by atoms with van der Waals surface area (Å²) in [5.74, 6) is 0.00341. The molecular formula is C27H20N2O2. The van der Waals surface area contributed by atoms with Gasteiger partial charge in [0.1, 0.15) is 11.6 Å². The van der Waals surface area contributed by atoms with Crippen LogP contribution in [0.3, 0.4) is 0 Å². The van der Waals surface area contributed by atoms with E-state index in [1.54, 1.807) is 12.1 Å². The second-order valence-electron chi connectivity index (χ2n) is 7.14. The minimum Gasteiger partial charge on any atom is -0.468 e. The molecule has 0 fully saturated rings. The molecule has 0 aliphatic heterocycles. The van der Waals surface area contributed by atoms with E-state index in [0.29, 0.717) is 16.8 Å². The molecule has 4 aromatic rings. The number of hydrogen-bond acceptors (Lipinski definition) is 4. The number of benzene rings is 3. The van der Waals surface area contributed by atoms with Crippen molar-refractivity contribution in [2.24, 2.45) is 0 Å². The molecule has 4 rings (SSSR count). The number of Topliss-reactive ketones (excluding diaryl/α,β-unsaturated/α-hetero) is 1. The zero-order valence-electron chi connectivity index (χ0n) is 17.1. The van der Waals surface area contributed by atoms with Gasteiger partial charge in [0, 0.05) is 11.1 Å². The molecule has 0 aliphatic rings. The first-order valence-corrected chi connectivity index (χ1v) is 9.94. The fourth-order valence-electron chi connectivity index (χ4n) is 3.34. The zero-order valence-corrected chi connectivity index (χ0v) is 17.1. The van der Waals surface area contributed by atoms with Gasteiger partial charge in [-0.2, -0.15) is 5.26 Å². The van der Waals surface area contributed by atoms with Crippen LogP contribution in [0, 0.1) is 18.3 Å². The Kier molecular flexibility index (Phi) is 5.86. The van der Waals surface area contributed by atoms with Crippen molar-refractivity contribution in [1.82, 2.24) is 4.98 Å². The molecule has 0 amide bonds. The van der Waals surface area contributed by atoms with E-state index in [1.807, 2.05) is 85.8 Å². The van der Waals surface area contributed by atoms with Gasteiger partial charge in [0.15, 0.2) is 12.4 Å². The predicted octanol–water partition coefficient (Wildman–Crippen LogP) is 5.86. The Balaban J connectivity index is 1.53. The Morgan fingerprint density at radius 3 is 2.06 bits per heavy atom. The van der Waals surface area contributed by atoms with E-state index in [0.717, 1.165) is 22.3 Å². The van der Waals surface area contributed by atoms with Crippen molar-refractivity contribution in [2.75, 3.05) is 6.61 Å². The molecule has 4 heteroatoms. The van der Waals surface area contributed by atoms with Crippen LogP contribution in [0.25, 0.3) is 22.4 Å². The Hall–Kier alpha value is -4.23. The molecule has 0 radical (unpaired) electrons. The topological polar surface area (TPSA) is 63.0 Å². The number of aromatic nitrogens is 1.